The number of halogens is 1. The van der Waals surface area contributed by atoms with Crippen LogP contribution in [-0.4, -0.2) is 61.4 Å². The summed E-state index contributed by atoms with van der Waals surface area (Å²) >= 11 is 5.90. The Morgan fingerprint density at radius 2 is 2.15 bits per heavy atom. The number of aliphatic imine (C=N–C) groups is 1. The SMILES string of the molecule is CN=C(NCCc1nc(-c2ccc(Cl)cc2)no1)N(C)CCOCC1CC1. The zero-order valence-corrected chi connectivity index (χ0v) is 16.6. The maximum absolute atomic E-state index is 5.90. The topological polar surface area (TPSA) is 75.8 Å². The third kappa shape index (κ3) is 6.22. The van der Waals surface area contributed by atoms with Crippen molar-refractivity contribution in [2.75, 3.05) is 40.4 Å². The molecule has 1 fully saturated rings. The lowest BCUT2D eigenvalue weighted by molar-refractivity contribution is 0.115. The third-order valence-corrected chi connectivity index (χ3v) is 4.64. The molecule has 8 heteroatoms. The van der Waals surface area contributed by atoms with E-state index in [1.54, 1.807) is 7.05 Å². The molecule has 2 aromatic rings. The average Bonchev–Trinajstić information content (AvgIpc) is 3.39. The van der Waals surface area contributed by atoms with Crippen molar-refractivity contribution in [3.63, 3.8) is 0 Å². The molecular weight excluding hydrogens is 366 g/mol. The smallest absolute Gasteiger partial charge is 0.228 e. The molecule has 1 saturated carbocycles. The zero-order valence-electron chi connectivity index (χ0n) is 15.8. The largest absolute Gasteiger partial charge is 0.379 e. The van der Waals surface area contributed by atoms with E-state index in [0.717, 1.165) is 30.6 Å². The van der Waals surface area contributed by atoms with Crippen LogP contribution in [0.25, 0.3) is 11.4 Å². The number of nitrogens with zero attached hydrogens (tertiary/aromatic N) is 4. The van der Waals surface area contributed by atoms with Crippen molar-refractivity contribution in [3.05, 3.63) is 35.2 Å². The third-order valence-electron chi connectivity index (χ3n) is 4.39. The Balaban J connectivity index is 1.40. The van der Waals surface area contributed by atoms with Gasteiger partial charge in [-0.3, -0.25) is 4.99 Å². The number of guanidine groups is 1. The monoisotopic (exact) mass is 391 g/mol. The molecule has 1 aromatic carbocycles. The highest BCUT2D eigenvalue weighted by molar-refractivity contribution is 6.30. The van der Waals surface area contributed by atoms with Crippen molar-refractivity contribution in [1.29, 1.82) is 0 Å². The minimum absolute atomic E-state index is 0.566. The molecule has 0 aliphatic heterocycles. The number of hydrogen-bond acceptors (Lipinski definition) is 5. The van der Waals surface area contributed by atoms with E-state index in [1.165, 1.54) is 12.8 Å². The molecule has 1 heterocycles. The van der Waals surface area contributed by atoms with Crippen LogP contribution >= 0.6 is 11.6 Å². The van der Waals surface area contributed by atoms with E-state index in [9.17, 15) is 0 Å². The number of aromatic nitrogens is 2. The Labute approximate surface area is 164 Å². The lowest BCUT2D eigenvalue weighted by Gasteiger charge is -2.21. The van der Waals surface area contributed by atoms with Gasteiger partial charge in [0.1, 0.15) is 0 Å². The Morgan fingerprint density at radius 1 is 1.37 bits per heavy atom. The second-order valence-electron chi connectivity index (χ2n) is 6.68. The maximum Gasteiger partial charge on any atom is 0.228 e. The van der Waals surface area contributed by atoms with Crippen LogP contribution in [0.3, 0.4) is 0 Å². The van der Waals surface area contributed by atoms with E-state index < -0.39 is 0 Å². The van der Waals surface area contributed by atoms with Crippen molar-refractivity contribution in [3.8, 4) is 11.4 Å². The molecule has 0 amide bonds. The molecule has 1 aliphatic rings. The first-order valence-electron chi connectivity index (χ1n) is 9.23. The fourth-order valence-electron chi connectivity index (χ4n) is 2.58. The van der Waals surface area contributed by atoms with Gasteiger partial charge >= 0.3 is 0 Å². The predicted molar refractivity (Wildman–Crippen MR) is 106 cm³/mol. The molecule has 0 bridgehead atoms. The lowest BCUT2D eigenvalue weighted by atomic mass is 10.2. The minimum Gasteiger partial charge on any atom is -0.379 e. The van der Waals surface area contributed by atoms with Crippen LogP contribution in [0.1, 0.15) is 18.7 Å². The van der Waals surface area contributed by atoms with Crippen molar-refractivity contribution in [1.82, 2.24) is 20.4 Å². The number of nitrogens with one attached hydrogen (secondary N) is 1. The Bertz CT molecular complexity index is 743. The van der Waals surface area contributed by atoms with Crippen molar-refractivity contribution in [2.45, 2.75) is 19.3 Å². The van der Waals surface area contributed by atoms with Crippen molar-refractivity contribution >= 4 is 17.6 Å². The molecule has 0 unspecified atom stereocenters. The molecule has 1 N–H and O–H groups in total. The summed E-state index contributed by atoms with van der Waals surface area (Å²) in [6.45, 7) is 3.05. The number of likely N-dealkylation sites (N-methyl/N-ethyl adjacent to an activating group) is 1. The lowest BCUT2D eigenvalue weighted by Crippen LogP contribution is -2.41. The van der Waals surface area contributed by atoms with Crippen LogP contribution in [0.15, 0.2) is 33.8 Å². The highest BCUT2D eigenvalue weighted by Crippen LogP contribution is 2.28. The standard InChI is InChI=1S/C19H26ClN5O2/c1-21-19(25(2)11-12-26-13-14-3-4-14)22-10-9-17-23-18(24-27-17)15-5-7-16(20)8-6-15/h5-8,14H,3-4,9-13H2,1-2H3,(H,21,22). The minimum atomic E-state index is 0.566. The summed E-state index contributed by atoms with van der Waals surface area (Å²) in [5.41, 5.74) is 0.879. The number of benzene rings is 1. The highest BCUT2D eigenvalue weighted by atomic mass is 35.5. The molecule has 0 saturated heterocycles. The van der Waals surface area contributed by atoms with E-state index in [2.05, 4.69) is 25.3 Å². The van der Waals surface area contributed by atoms with E-state index in [-0.39, 0.29) is 0 Å². The molecule has 27 heavy (non-hydrogen) atoms. The number of rotatable bonds is 9. The van der Waals surface area contributed by atoms with Gasteiger partial charge in [-0.25, -0.2) is 0 Å². The number of hydrogen-bond donors (Lipinski definition) is 1. The van der Waals surface area contributed by atoms with Gasteiger partial charge in [0.2, 0.25) is 11.7 Å². The first-order valence-corrected chi connectivity index (χ1v) is 9.61. The van der Waals surface area contributed by atoms with Gasteiger partial charge in [-0.1, -0.05) is 16.8 Å². The first kappa shape index (κ1) is 19.6. The summed E-state index contributed by atoms with van der Waals surface area (Å²) < 4.78 is 11.0. The highest BCUT2D eigenvalue weighted by Gasteiger charge is 2.21. The summed E-state index contributed by atoms with van der Waals surface area (Å²) in [4.78, 5) is 10.8. The molecular formula is C19H26ClN5O2. The quantitative estimate of drug-likeness (QED) is 0.402. The van der Waals surface area contributed by atoms with Gasteiger partial charge in [-0.15, -0.1) is 0 Å². The van der Waals surface area contributed by atoms with Gasteiger partial charge in [0.25, 0.3) is 0 Å². The van der Waals surface area contributed by atoms with E-state index in [4.69, 9.17) is 20.9 Å². The second kappa shape index (κ2) is 9.71. The predicted octanol–water partition coefficient (Wildman–Crippen LogP) is 2.87. The fourth-order valence-corrected chi connectivity index (χ4v) is 2.71. The molecule has 0 spiro atoms. The molecule has 0 radical (unpaired) electrons. The molecule has 3 rings (SSSR count). The van der Waals surface area contributed by atoms with Crippen molar-refractivity contribution in [2.24, 2.45) is 10.9 Å². The normalized spacial score (nSPS) is 14.4. The van der Waals surface area contributed by atoms with Crippen LogP contribution in [0.2, 0.25) is 5.02 Å². The van der Waals surface area contributed by atoms with Crippen LogP contribution < -0.4 is 5.32 Å². The van der Waals surface area contributed by atoms with Crippen LogP contribution in [0, 0.1) is 5.92 Å². The molecule has 1 aliphatic carbocycles. The van der Waals surface area contributed by atoms with E-state index in [0.29, 0.717) is 36.3 Å². The van der Waals surface area contributed by atoms with Crippen LogP contribution in [-0.2, 0) is 11.2 Å². The summed E-state index contributed by atoms with van der Waals surface area (Å²) in [5.74, 6) is 2.76. The zero-order chi connectivity index (χ0) is 19.1. The first-order chi connectivity index (χ1) is 13.2. The summed E-state index contributed by atoms with van der Waals surface area (Å²) in [7, 11) is 3.77. The Hall–Kier alpha value is -2.12. The number of ether oxygens (including phenoxy) is 1. The summed E-state index contributed by atoms with van der Waals surface area (Å²) in [5, 5.41) is 8.02. The van der Waals surface area contributed by atoms with E-state index >= 15 is 0 Å². The van der Waals surface area contributed by atoms with Crippen molar-refractivity contribution < 1.29 is 9.26 Å². The van der Waals surface area contributed by atoms with Crippen LogP contribution in [0.4, 0.5) is 0 Å². The van der Waals surface area contributed by atoms with Crippen LogP contribution in [0.5, 0.6) is 0 Å². The van der Waals surface area contributed by atoms with Gasteiger partial charge in [0.05, 0.1) is 6.61 Å². The van der Waals surface area contributed by atoms with Gasteiger partial charge in [-0.2, -0.15) is 4.98 Å². The Morgan fingerprint density at radius 3 is 2.85 bits per heavy atom. The molecule has 0 atom stereocenters. The van der Waals surface area contributed by atoms with Gasteiger partial charge < -0.3 is 19.5 Å². The average molecular weight is 392 g/mol. The van der Waals surface area contributed by atoms with Gasteiger partial charge in [0, 0.05) is 50.8 Å². The molecule has 146 valence electrons. The fraction of sp³-hybridized carbons (Fsp3) is 0.526. The Kier molecular flexibility index (Phi) is 7.06. The summed E-state index contributed by atoms with van der Waals surface area (Å²) in [6, 6.07) is 7.36. The molecule has 7 nitrogen and oxygen atoms in total. The molecule has 1 aromatic heterocycles. The summed E-state index contributed by atoms with van der Waals surface area (Å²) in [6.07, 6.45) is 3.24. The van der Waals surface area contributed by atoms with Gasteiger partial charge in [0.15, 0.2) is 5.96 Å². The maximum atomic E-state index is 5.90. The van der Waals surface area contributed by atoms with E-state index in [1.807, 2.05) is 31.3 Å². The second-order valence-corrected chi connectivity index (χ2v) is 7.12. The van der Waals surface area contributed by atoms with Gasteiger partial charge in [-0.05, 0) is 43.0 Å².